The fourth-order valence-corrected chi connectivity index (χ4v) is 1.21. The Balaban J connectivity index is 3.12. The molecule has 0 atom stereocenters. The first-order chi connectivity index (χ1) is 5.25. The monoisotopic (exact) mass is 145 g/mol. The van der Waals surface area contributed by atoms with Gasteiger partial charge in [0.25, 0.3) is 0 Å². The van der Waals surface area contributed by atoms with Crippen molar-refractivity contribution < 1.29 is 0 Å². The van der Waals surface area contributed by atoms with E-state index in [1.165, 1.54) is 16.7 Å². The highest BCUT2D eigenvalue weighted by Gasteiger charge is 1.99. The quantitative estimate of drug-likeness (QED) is 0.595. The summed E-state index contributed by atoms with van der Waals surface area (Å²) in [6.07, 6.45) is 0.526. The smallest absolute Gasteiger partial charge is 0.0669 e. The van der Waals surface area contributed by atoms with Gasteiger partial charge in [-0.05, 0) is 30.5 Å². The Morgan fingerprint density at radius 3 is 2.27 bits per heavy atom. The highest BCUT2D eigenvalue weighted by molar-refractivity contribution is 5.35. The number of nitriles is 1. The second-order valence-electron chi connectivity index (χ2n) is 2.71. The molecule has 0 aromatic heterocycles. The van der Waals surface area contributed by atoms with E-state index in [1.54, 1.807) is 0 Å². The van der Waals surface area contributed by atoms with Gasteiger partial charge in [-0.1, -0.05) is 18.2 Å². The summed E-state index contributed by atoms with van der Waals surface area (Å²) < 4.78 is 0. The molecule has 0 aliphatic heterocycles. The molecule has 1 aromatic rings. The molecule has 0 heterocycles. The van der Waals surface area contributed by atoms with Gasteiger partial charge in [0.15, 0.2) is 0 Å². The third-order valence-corrected chi connectivity index (χ3v) is 1.90. The highest BCUT2D eigenvalue weighted by Crippen LogP contribution is 2.12. The van der Waals surface area contributed by atoms with Crippen LogP contribution in [0.1, 0.15) is 16.7 Å². The minimum absolute atomic E-state index is 0.526. The lowest BCUT2D eigenvalue weighted by atomic mass is 10.0. The molecule has 0 aliphatic carbocycles. The summed E-state index contributed by atoms with van der Waals surface area (Å²) in [4.78, 5) is 0. The summed E-state index contributed by atoms with van der Waals surface area (Å²) in [5, 5.41) is 8.52. The Morgan fingerprint density at radius 1 is 1.27 bits per heavy atom. The maximum Gasteiger partial charge on any atom is 0.0669 e. The van der Waals surface area contributed by atoms with Gasteiger partial charge >= 0.3 is 0 Å². The first-order valence-electron chi connectivity index (χ1n) is 3.67. The Bertz CT molecular complexity index is 274. The van der Waals surface area contributed by atoms with Crippen LogP contribution in [0.5, 0.6) is 0 Å². The summed E-state index contributed by atoms with van der Waals surface area (Å²) in [5.74, 6) is 0. The number of hydrogen-bond donors (Lipinski definition) is 0. The molecule has 1 aromatic carbocycles. The average Bonchev–Trinajstić information content (AvgIpc) is 1.97. The molecule has 1 rings (SSSR count). The van der Waals surface area contributed by atoms with Gasteiger partial charge in [0.05, 0.1) is 12.5 Å². The van der Waals surface area contributed by atoms with Crippen LogP contribution in [0, 0.1) is 25.2 Å². The van der Waals surface area contributed by atoms with Crippen LogP contribution in [-0.2, 0) is 6.42 Å². The zero-order valence-corrected chi connectivity index (χ0v) is 6.89. The van der Waals surface area contributed by atoms with Gasteiger partial charge in [0, 0.05) is 0 Å². The van der Waals surface area contributed by atoms with Gasteiger partial charge in [0.2, 0.25) is 0 Å². The normalized spacial score (nSPS) is 9.18. The molecule has 0 saturated heterocycles. The molecule has 0 unspecified atom stereocenters. The summed E-state index contributed by atoms with van der Waals surface area (Å²) in [6.45, 7) is 4.08. The van der Waals surface area contributed by atoms with E-state index >= 15 is 0 Å². The molecule has 0 fully saturated rings. The summed E-state index contributed by atoms with van der Waals surface area (Å²) >= 11 is 0. The van der Waals surface area contributed by atoms with E-state index < -0.39 is 0 Å². The molecule has 56 valence electrons. The molecule has 0 aliphatic rings. The van der Waals surface area contributed by atoms with Gasteiger partial charge < -0.3 is 0 Å². The second-order valence-corrected chi connectivity index (χ2v) is 2.71. The van der Waals surface area contributed by atoms with E-state index in [0.717, 1.165) is 0 Å². The zero-order valence-electron chi connectivity index (χ0n) is 6.89. The average molecular weight is 145 g/mol. The first-order valence-corrected chi connectivity index (χ1v) is 3.67. The number of nitrogens with zero attached hydrogens (tertiary/aromatic N) is 1. The predicted octanol–water partition coefficient (Wildman–Crippen LogP) is 2.37. The van der Waals surface area contributed by atoms with Crippen LogP contribution in [0.4, 0.5) is 0 Å². The number of rotatable bonds is 1. The maximum absolute atomic E-state index is 8.52. The van der Waals surface area contributed by atoms with E-state index in [9.17, 15) is 0 Å². The first kappa shape index (κ1) is 7.81. The number of hydrogen-bond acceptors (Lipinski definition) is 1. The van der Waals surface area contributed by atoms with Crippen molar-refractivity contribution in [2.45, 2.75) is 20.3 Å². The topological polar surface area (TPSA) is 23.8 Å². The Morgan fingerprint density at radius 2 is 1.82 bits per heavy atom. The Labute approximate surface area is 67.3 Å². The molecule has 0 spiro atoms. The van der Waals surface area contributed by atoms with Crippen LogP contribution in [0.3, 0.4) is 0 Å². The molecular weight excluding hydrogens is 134 g/mol. The van der Waals surface area contributed by atoms with Crippen molar-refractivity contribution >= 4 is 0 Å². The van der Waals surface area contributed by atoms with Crippen molar-refractivity contribution in [2.75, 3.05) is 0 Å². The van der Waals surface area contributed by atoms with E-state index in [1.807, 2.05) is 32.0 Å². The van der Waals surface area contributed by atoms with Crippen LogP contribution < -0.4 is 0 Å². The molecular formula is C10H11N. The zero-order chi connectivity index (χ0) is 8.27. The molecule has 11 heavy (non-hydrogen) atoms. The van der Waals surface area contributed by atoms with E-state index in [4.69, 9.17) is 5.26 Å². The number of aryl methyl sites for hydroxylation is 2. The van der Waals surface area contributed by atoms with Crippen molar-refractivity contribution in [1.82, 2.24) is 0 Å². The van der Waals surface area contributed by atoms with Crippen molar-refractivity contribution in [2.24, 2.45) is 0 Å². The fraction of sp³-hybridized carbons (Fsp3) is 0.300. The maximum atomic E-state index is 8.52. The third kappa shape index (κ3) is 1.59. The lowest BCUT2D eigenvalue weighted by molar-refractivity contribution is 1.17. The van der Waals surface area contributed by atoms with Crippen molar-refractivity contribution in [1.29, 1.82) is 5.26 Å². The summed E-state index contributed by atoms with van der Waals surface area (Å²) in [5.41, 5.74) is 3.60. The van der Waals surface area contributed by atoms with Crippen LogP contribution in [0.25, 0.3) is 0 Å². The Kier molecular flexibility index (Phi) is 2.28. The lowest BCUT2D eigenvalue weighted by Gasteiger charge is -2.03. The van der Waals surface area contributed by atoms with Gasteiger partial charge in [-0.25, -0.2) is 0 Å². The molecule has 0 bridgehead atoms. The van der Waals surface area contributed by atoms with Crippen LogP contribution in [0.15, 0.2) is 18.2 Å². The SMILES string of the molecule is Cc1cccc(C)c1CC#N. The van der Waals surface area contributed by atoms with E-state index in [-0.39, 0.29) is 0 Å². The molecule has 1 heteroatoms. The van der Waals surface area contributed by atoms with Crippen LogP contribution >= 0.6 is 0 Å². The standard InChI is InChI=1S/C10H11N/c1-8-4-3-5-9(2)10(8)6-7-11/h3-5H,6H2,1-2H3. The molecule has 0 N–H and O–H groups in total. The van der Waals surface area contributed by atoms with Crippen LogP contribution in [0.2, 0.25) is 0 Å². The fourth-order valence-electron chi connectivity index (χ4n) is 1.21. The minimum atomic E-state index is 0.526. The minimum Gasteiger partial charge on any atom is -0.198 e. The Hall–Kier alpha value is -1.29. The van der Waals surface area contributed by atoms with Gasteiger partial charge in [-0.3, -0.25) is 0 Å². The molecule has 0 saturated carbocycles. The number of benzene rings is 1. The van der Waals surface area contributed by atoms with Crippen molar-refractivity contribution in [3.8, 4) is 6.07 Å². The summed E-state index contributed by atoms with van der Waals surface area (Å²) in [7, 11) is 0. The molecule has 1 nitrogen and oxygen atoms in total. The van der Waals surface area contributed by atoms with E-state index in [2.05, 4.69) is 6.07 Å². The third-order valence-electron chi connectivity index (χ3n) is 1.90. The predicted molar refractivity (Wildman–Crippen MR) is 45.2 cm³/mol. The molecule has 0 amide bonds. The van der Waals surface area contributed by atoms with Crippen molar-refractivity contribution in [3.05, 3.63) is 34.9 Å². The summed E-state index contributed by atoms with van der Waals surface area (Å²) in [6, 6.07) is 8.27. The van der Waals surface area contributed by atoms with Gasteiger partial charge in [-0.2, -0.15) is 5.26 Å². The lowest BCUT2D eigenvalue weighted by Crippen LogP contribution is -1.90. The largest absolute Gasteiger partial charge is 0.198 e. The van der Waals surface area contributed by atoms with Gasteiger partial charge in [0.1, 0.15) is 0 Å². The second kappa shape index (κ2) is 3.21. The van der Waals surface area contributed by atoms with E-state index in [0.29, 0.717) is 6.42 Å². The highest BCUT2D eigenvalue weighted by atomic mass is 14.2. The molecule has 0 radical (unpaired) electrons. The van der Waals surface area contributed by atoms with Crippen molar-refractivity contribution in [3.63, 3.8) is 0 Å². The van der Waals surface area contributed by atoms with Gasteiger partial charge in [-0.15, -0.1) is 0 Å². The van der Waals surface area contributed by atoms with Crippen LogP contribution in [-0.4, -0.2) is 0 Å².